The van der Waals surface area contributed by atoms with Crippen LogP contribution >= 0.6 is 0 Å². The van der Waals surface area contributed by atoms with E-state index in [4.69, 9.17) is 0 Å². The van der Waals surface area contributed by atoms with E-state index in [0.717, 1.165) is 31.2 Å². The number of carbonyl (C=O) groups is 3. The fourth-order valence-corrected chi connectivity index (χ4v) is 4.38. The first kappa shape index (κ1) is 19.2. The summed E-state index contributed by atoms with van der Waals surface area (Å²) in [6, 6.07) is 4.01. The Balaban J connectivity index is 1.59. The fraction of sp³-hybridized carbons (Fsp3) is 0.550. The molecule has 1 saturated carbocycles. The summed E-state index contributed by atoms with van der Waals surface area (Å²) in [4.78, 5) is 38.0. The van der Waals surface area contributed by atoms with E-state index in [1.165, 1.54) is 12.1 Å². The summed E-state index contributed by atoms with van der Waals surface area (Å²) in [5.41, 5.74) is 1.000. The molecule has 1 saturated heterocycles. The highest BCUT2D eigenvalue weighted by atomic mass is 16.4. The predicted molar refractivity (Wildman–Crippen MR) is 98.4 cm³/mol. The lowest BCUT2D eigenvalue weighted by atomic mass is 9.84. The average molecular weight is 374 g/mol. The number of rotatable bonds is 5. The first-order valence-electron chi connectivity index (χ1n) is 9.50. The lowest BCUT2D eigenvalue weighted by Crippen LogP contribution is -2.47. The Morgan fingerprint density at radius 1 is 1.22 bits per heavy atom. The van der Waals surface area contributed by atoms with Gasteiger partial charge in [-0.3, -0.25) is 9.59 Å². The second-order valence-electron chi connectivity index (χ2n) is 7.53. The Hall–Kier alpha value is -2.57. The van der Waals surface area contributed by atoms with Crippen LogP contribution < -0.4 is 5.32 Å². The number of nitrogens with one attached hydrogen (secondary N) is 1. The molecule has 3 rings (SSSR count). The van der Waals surface area contributed by atoms with Crippen molar-refractivity contribution in [2.24, 2.45) is 5.92 Å². The quantitative estimate of drug-likeness (QED) is 0.731. The summed E-state index contributed by atoms with van der Waals surface area (Å²) in [5, 5.41) is 22.0. The van der Waals surface area contributed by atoms with E-state index in [9.17, 15) is 24.6 Å². The molecule has 1 aromatic rings. The molecule has 3 N–H and O–H groups in total. The van der Waals surface area contributed by atoms with Crippen molar-refractivity contribution in [3.05, 3.63) is 29.3 Å². The largest absolute Gasteiger partial charge is 0.507 e. The summed E-state index contributed by atoms with van der Waals surface area (Å²) in [7, 11) is 0. The van der Waals surface area contributed by atoms with Crippen molar-refractivity contribution in [3.63, 3.8) is 0 Å². The van der Waals surface area contributed by atoms with Crippen LogP contribution in [-0.4, -0.2) is 51.5 Å². The van der Waals surface area contributed by atoms with Gasteiger partial charge < -0.3 is 20.4 Å². The van der Waals surface area contributed by atoms with Crippen molar-refractivity contribution in [1.29, 1.82) is 0 Å². The van der Waals surface area contributed by atoms with E-state index in [1.807, 2.05) is 6.92 Å². The summed E-state index contributed by atoms with van der Waals surface area (Å²) in [6.45, 7) is 1.92. The van der Waals surface area contributed by atoms with Crippen molar-refractivity contribution in [1.82, 2.24) is 10.2 Å². The van der Waals surface area contributed by atoms with E-state index in [-0.39, 0.29) is 42.1 Å². The normalized spacial score (nSPS) is 24.3. The van der Waals surface area contributed by atoms with Gasteiger partial charge in [-0.05, 0) is 49.8 Å². The third-order valence-corrected chi connectivity index (χ3v) is 5.68. The smallest absolute Gasteiger partial charge is 0.326 e. The molecule has 0 spiro atoms. The van der Waals surface area contributed by atoms with Gasteiger partial charge in [-0.1, -0.05) is 18.9 Å². The maximum Gasteiger partial charge on any atom is 0.326 e. The van der Waals surface area contributed by atoms with Gasteiger partial charge in [0.25, 0.3) is 5.91 Å². The number of hydrogen-bond donors (Lipinski definition) is 3. The number of phenols is 1. The Morgan fingerprint density at radius 3 is 2.67 bits per heavy atom. The molecule has 7 heteroatoms. The molecule has 1 aliphatic heterocycles. The monoisotopic (exact) mass is 374 g/mol. The van der Waals surface area contributed by atoms with E-state index < -0.39 is 17.9 Å². The Bertz CT molecular complexity index is 748. The summed E-state index contributed by atoms with van der Waals surface area (Å²) < 4.78 is 0. The summed E-state index contributed by atoms with van der Waals surface area (Å²) >= 11 is 0. The summed E-state index contributed by atoms with van der Waals surface area (Å²) in [5.74, 6) is -1.47. The maximum atomic E-state index is 12.7. The van der Waals surface area contributed by atoms with Crippen LogP contribution in [0.1, 0.15) is 54.4 Å². The van der Waals surface area contributed by atoms with E-state index in [1.54, 1.807) is 11.0 Å². The first-order valence-corrected chi connectivity index (χ1v) is 9.50. The number of likely N-dealkylation sites (tertiary alicyclic amines) is 1. The van der Waals surface area contributed by atoms with Gasteiger partial charge in [-0.2, -0.15) is 0 Å². The number of fused-ring (bicyclic) bond motifs is 1. The molecule has 0 radical (unpaired) electrons. The average Bonchev–Trinajstić information content (AvgIpc) is 3.01. The highest BCUT2D eigenvalue weighted by Crippen LogP contribution is 2.40. The van der Waals surface area contributed by atoms with Crippen molar-refractivity contribution >= 4 is 17.8 Å². The van der Waals surface area contributed by atoms with Gasteiger partial charge in [0, 0.05) is 19.0 Å². The fourth-order valence-electron chi connectivity index (χ4n) is 4.38. The van der Waals surface area contributed by atoms with Crippen molar-refractivity contribution in [2.45, 2.75) is 57.5 Å². The van der Waals surface area contributed by atoms with Gasteiger partial charge in [0.05, 0.1) is 5.56 Å². The van der Waals surface area contributed by atoms with Crippen molar-refractivity contribution in [2.75, 3.05) is 6.54 Å². The number of benzene rings is 1. The molecule has 3 unspecified atom stereocenters. The van der Waals surface area contributed by atoms with Crippen LogP contribution in [0.15, 0.2) is 18.2 Å². The van der Waals surface area contributed by atoms with Gasteiger partial charge in [0.1, 0.15) is 11.8 Å². The molecular weight excluding hydrogens is 348 g/mol. The minimum absolute atomic E-state index is 0.00388. The second-order valence-corrected chi connectivity index (χ2v) is 7.53. The van der Waals surface area contributed by atoms with Crippen molar-refractivity contribution in [3.8, 4) is 5.75 Å². The van der Waals surface area contributed by atoms with Gasteiger partial charge >= 0.3 is 5.97 Å². The van der Waals surface area contributed by atoms with Crippen LogP contribution in [-0.2, 0) is 9.59 Å². The number of phenolic OH excluding ortho intramolecular Hbond substituents is 1. The standard InChI is InChI=1S/C20H26N2O5/c1-12-6-7-14(17(23)10-12)19(25)21-9-8-18(24)22-15-5-3-2-4-13(15)11-16(22)20(26)27/h6-7,10,13,15-16,23H,2-5,8-9,11H2,1H3,(H,21,25)(H,26,27). The molecule has 146 valence electrons. The molecule has 27 heavy (non-hydrogen) atoms. The lowest BCUT2D eigenvalue weighted by Gasteiger charge is -2.33. The first-order chi connectivity index (χ1) is 12.9. The van der Waals surface area contributed by atoms with Crippen LogP contribution in [0.3, 0.4) is 0 Å². The topological polar surface area (TPSA) is 107 Å². The number of amides is 2. The molecule has 1 aromatic carbocycles. The Labute approximate surface area is 158 Å². The minimum atomic E-state index is -0.952. The number of carboxylic acid groups (broad SMARTS) is 1. The number of aliphatic carboxylic acids is 1. The molecule has 2 amide bonds. The SMILES string of the molecule is Cc1ccc(C(=O)NCCC(=O)N2C(C(=O)O)CC3CCCCC32)c(O)c1. The molecule has 0 bridgehead atoms. The molecule has 2 aliphatic rings. The zero-order valence-corrected chi connectivity index (χ0v) is 15.5. The second kappa shape index (κ2) is 7.98. The number of aryl methyl sites for hydroxylation is 1. The molecule has 2 fully saturated rings. The molecule has 3 atom stereocenters. The number of hydrogen-bond acceptors (Lipinski definition) is 4. The molecule has 1 aliphatic carbocycles. The van der Waals surface area contributed by atoms with Crippen LogP contribution in [0.2, 0.25) is 0 Å². The minimum Gasteiger partial charge on any atom is -0.507 e. The van der Waals surface area contributed by atoms with Gasteiger partial charge in [0.2, 0.25) is 5.91 Å². The van der Waals surface area contributed by atoms with Gasteiger partial charge in [-0.15, -0.1) is 0 Å². The van der Waals surface area contributed by atoms with Crippen LogP contribution in [0.4, 0.5) is 0 Å². The third-order valence-electron chi connectivity index (χ3n) is 5.68. The highest BCUT2D eigenvalue weighted by molar-refractivity contribution is 5.97. The van der Waals surface area contributed by atoms with Crippen molar-refractivity contribution < 1.29 is 24.6 Å². The van der Waals surface area contributed by atoms with E-state index in [2.05, 4.69) is 5.32 Å². The Kier molecular flexibility index (Phi) is 5.68. The lowest BCUT2D eigenvalue weighted by molar-refractivity contribution is -0.149. The summed E-state index contributed by atoms with van der Waals surface area (Å²) in [6.07, 6.45) is 4.50. The molecule has 0 aromatic heterocycles. The Morgan fingerprint density at radius 2 is 1.96 bits per heavy atom. The number of aromatic hydroxyl groups is 1. The molecule has 7 nitrogen and oxygen atoms in total. The highest BCUT2D eigenvalue weighted by Gasteiger charge is 2.47. The van der Waals surface area contributed by atoms with Gasteiger partial charge in [0.15, 0.2) is 0 Å². The molecule has 1 heterocycles. The predicted octanol–water partition coefficient (Wildman–Crippen LogP) is 2.06. The third kappa shape index (κ3) is 4.07. The van der Waals surface area contributed by atoms with E-state index >= 15 is 0 Å². The van der Waals surface area contributed by atoms with Crippen LogP contribution in [0, 0.1) is 12.8 Å². The zero-order valence-electron chi connectivity index (χ0n) is 15.5. The zero-order chi connectivity index (χ0) is 19.6. The number of nitrogens with zero attached hydrogens (tertiary/aromatic N) is 1. The van der Waals surface area contributed by atoms with Crippen LogP contribution in [0.5, 0.6) is 5.75 Å². The van der Waals surface area contributed by atoms with Gasteiger partial charge in [-0.25, -0.2) is 4.79 Å². The number of carbonyl (C=O) groups excluding carboxylic acids is 2. The number of carboxylic acids is 1. The molecular formula is C20H26N2O5. The van der Waals surface area contributed by atoms with Crippen LogP contribution in [0.25, 0.3) is 0 Å². The maximum absolute atomic E-state index is 12.7. The van der Waals surface area contributed by atoms with E-state index in [0.29, 0.717) is 6.42 Å².